The summed E-state index contributed by atoms with van der Waals surface area (Å²) in [6.45, 7) is 2.16. The van der Waals surface area contributed by atoms with Gasteiger partial charge < -0.3 is 50.0 Å². The number of aliphatic hydroxyl groups is 4. The Bertz CT molecular complexity index is 511. The number of hydrogen-bond acceptors (Lipinski definition) is 10. The van der Waals surface area contributed by atoms with Crippen LogP contribution in [0.25, 0.3) is 0 Å². The summed E-state index contributed by atoms with van der Waals surface area (Å²) in [5, 5.41) is 46.1. The first-order chi connectivity index (χ1) is 13.3. The van der Waals surface area contributed by atoms with E-state index < -0.39 is 73.6 Å². The van der Waals surface area contributed by atoms with E-state index in [2.05, 4.69) is 10.6 Å². The Labute approximate surface area is 163 Å². The van der Waals surface area contributed by atoms with Crippen LogP contribution in [0.3, 0.4) is 0 Å². The number of amides is 1. The van der Waals surface area contributed by atoms with Gasteiger partial charge in [0.2, 0.25) is 5.91 Å². The Balaban J connectivity index is 2.25. The van der Waals surface area contributed by atoms with Gasteiger partial charge in [0.1, 0.15) is 24.4 Å². The van der Waals surface area contributed by atoms with Gasteiger partial charge in [-0.15, -0.1) is 0 Å². The van der Waals surface area contributed by atoms with Crippen molar-refractivity contribution in [1.82, 2.24) is 10.6 Å². The van der Waals surface area contributed by atoms with Gasteiger partial charge in [-0.1, -0.05) is 6.92 Å². The summed E-state index contributed by atoms with van der Waals surface area (Å²) in [6.07, 6.45) is -6.91. The number of nitrogens with one attached hydrogen (secondary N) is 2. The molecule has 0 aromatic rings. The van der Waals surface area contributed by atoms with Crippen LogP contribution in [0, 0.1) is 5.92 Å². The average Bonchev–Trinajstić information content (AvgIpc) is 2.67. The first-order valence-electron chi connectivity index (χ1n) is 9.30. The van der Waals surface area contributed by atoms with Gasteiger partial charge in [0, 0.05) is 20.0 Å². The predicted octanol–water partition coefficient (Wildman–Crippen LogP) is -3.10. The molecule has 0 aromatic heterocycles. The number of likely N-dealkylation sites (N-methyl/N-ethyl adjacent to an activating group) is 1. The van der Waals surface area contributed by atoms with Gasteiger partial charge in [0.05, 0.1) is 31.5 Å². The van der Waals surface area contributed by atoms with E-state index in [0.717, 1.165) is 0 Å². The van der Waals surface area contributed by atoms with Gasteiger partial charge in [-0.25, -0.2) is 0 Å². The van der Waals surface area contributed by atoms with E-state index in [0.29, 0.717) is 0 Å². The molecule has 10 atom stereocenters. The molecule has 0 aliphatic carbocycles. The SMILES string of the molecule is CNC1[C@H](OC)OC(CO)[C@@H](O[C@@H]2OC(CO)[C@@H](C)[C@H](O)C2NC(C)=O)[C@@H]1O. The van der Waals surface area contributed by atoms with Crippen LogP contribution in [0.15, 0.2) is 0 Å². The summed E-state index contributed by atoms with van der Waals surface area (Å²) >= 11 is 0. The van der Waals surface area contributed by atoms with Crippen molar-refractivity contribution in [3.63, 3.8) is 0 Å². The summed E-state index contributed by atoms with van der Waals surface area (Å²) in [4.78, 5) is 11.6. The molecule has 4 unspecified atom stereocenters. The van der Waals surface area contributed by atoms with E-state index in [-0.39, 0.29) is 6.61 Å². The molecule has 2 aliphatic heterocycles. The third-order valence-corrected chi connectivity index (χ3v) is 5.36. The molecular weight excluding hydrogens is 376 g/mol. The lowest BCUT2D eigenvalue weighted by Gasteiger charge is -2.48. The van der Waals surface area contributed by atoms with Crippen LogP contribution < -0.4 is 10.6 Å². The minimum absolute atomic E-state index is 0.358. The van der Waals surface area contributed by atoms with Crippen molar-refractivity contribution in [2.45, 2.75) is 69.0 Å². The third-order valence-electron chi connectivity index (χ3n) is 5.36. The highest BCUT2D eigenvalue weighted by Gasteiger charge is 2.50. The molecule has 0 radical (unpaired) electrons. The number of rotatable bonds is 7. The smallest absolute Gasteiger partial charge is 0.217 e. The summed E-state index contributed by atoms with van der Waals surface area (Å²) in [5.41, 5.74) is 0. The molecule has 11 heteroatoms. The first-order valence-corrected chi connectivity index (χ1v) is 9.30. The second-order valence-electron chi connectivity index (χ2n) is 7.17. The number of ether oxygens (including phenoxy) is 4. The van der Waals surface area contributed by atoms with Crippen molar-refractivity contribution in [2.75, 3.05) is 27.4 Å². The lowest BCUT2D eigenvalue weighted by molar-refractivity contribution is -0.325. The molecule has 0 aromatic carbocycles. The van der Waals surface area contributed by atoms with Gasteiger partial charge in [0.25, 0.3) is 0 Å². The van der Waals surface area contributed by atoms with E-state index >= 15 is 0 Å². The van der Waals surface area contributed by atoms with Crippen molar-refractivity contribution < 1.29 is 44.2 Å². The maximum Gasteiger partial charge on any atom is 0.217 e. The van der Waals surface area contributed by atoms with Crippen LogP contribution in [-0.2, 0) is 23.7 Å². The van der Waals surface area contributed by atoms with Gasteiger partial charge in [-0.05, 0) is 7.05 Å². The van der Waals surface area contributed by atoms with Crippen LogP contribution in [0.2, 0.25) is 0 Å². The second-order valence-corrected chi connectivity index (χ2v) is 7.17. The van der Waals surface area contributed by atoms with Crippen LogP contribution in [-0.4, -0.2) is 109 Å². The van der Waals surface area contributed by atoms with Crippen molar-refractivity contribution in [2.24, 2.45) is 5.92 Å². The molecule has 0 bridgehead atoms. The molecule has 2 rings (SSSR count). The fraction of sp³-hybridized carbons (Fsp3) is 0.941. The Morgan fingerprint density at radius 2 is 1.64 bits per heavy atom. The lowest BCUT2D eigenvalue weighted by Crippen LogP contribution is -2.67. The summed E-state index contributed by atoms with van der Waals surface area (Å²) in [5.74, 6) is -0.867. The van der Waals surface area contributed by atoms with Crippen molar-refractivity contribution in [3.05, 3.63) is 0 Å². The number of carbonyl (C=O) groups excluding carboxylic acids is 1. The van der Waals surface area contributed by atoms with E-state index in [1.54, 1.807) is 14.0 Å². The second kappa shape index (κ2) is 10.2. The minimum Gasteiger partial charge on any atom is -0.394 e. The normalized spacial score (nSPS) is 44.3. The molecule has 1 amide bonds. The molecule has 2 fully saturated rings. The zero-order valence-corrected chi connectivity index (χ0v) is 16.5. The topological polar surface area (TPSA) is 159 Å². The predicted molar refractivity (Wildman–Crippen MR) is 95.0 cm³/mol. The maximum absolute atomic E-state index is 11.6. The molecular formula is C17H32N2O9. The van der Waals surface area contributed by atoms with Crippen LogP contribution >= 0.6 is 0 Å². The highest BCUT2D eigenvalue weighted by Crippen LogP contribution is 2.31. The fourth-order valence-electron chi connectivity index (χ4n) is 3.70. The Kier molecular flexibility index (Phi) is 8.55. The standard InChI is InChI=1S/C17H32N2O9/c1-7-9(5-20)26-17(12(13(7)23)19-8(2)22)28-15-10(6-21)27-16(25-4)11(18-3)14(15)24/h7,9-18,20-21,23-24H,5-6H2,1-4H3,(H,19,22)/t7-,9?,10?,11?,12?,13+,14-,15-,16-,17+/m1/s1. The van der Waals surface area contributed by atoms with Gasteiger partial charge in [-0.2, -0.15) is 0 Å². The number of aliphatic hydroxyl groups excluding tert-OH is 4. The summed E-state index contributed by atoms with van der Waals surface area (Å²) in [6, 6.07) is -1.59. The number of methoxy groups -OCH3 is 1. The maximum atomic E-state index is 11.6. The molecule has 2 aliphatic rings. The van der Waals surface area contributed by atoms with Gasteiger partial charge in [0.15, 0.2) is 12.6 Å². The zero-order valence-electron chi connectivity index (χ0n) is 16.5. The average molecular weight is 408 g/mol. The van der Waals surface area contributed by atoms with Crippen LogP contribution in [0.4, 0.5) is 0 Å². The molecule has 6 N–H and O–H groups in total. The first kappa shape index (κ1) is 23.4. The zero-order chi connectivity index (χ0) is 21.0. The lowest BCUT2D eigenvalue weighted by atomic mass is 9.89. The molecule has 0 saturated carbocycles. The summed E-state index contributed by atoms with van der Waals surface area (Å²) < 4.78 is 22.5. The molecule has 2 saturated heterocycles. The Hall–Kier alpha value is -0.890. The minimum atomic E-state index is -1.18. The van der Waals surface area contributed by atoms with Crippen molar-refractivity contribution in [3.8, 4) is 0 Å². The number of hydrogen-bond donors (Lipinski definition) is 6. The molecule has 0 spiro atoms. The van der Waals surface area contributed by atoms with Gasteiger partial charge in [-0.3, -0.25) is 4.79 Å². The third kappa shape index (κ3) is 4.81. The van der Waals surface area contributed by atoms with Crippen molar-refractivity contribution >= 4 is 5.91 Å². The Morgan fingerprint density at radius 1 is 1.04 bits per heavy atom. The van der Waals surface area contributed by atoms with Crippen molar-refractivity contribution in [1.29, 1.82) is 0 Å². The molecule has 2 heterocycles. The molecule has 11 nitrogen and oxygen atoms in total. The van der Waals surface area contributed by atoms with Crippen LogP contribution in [0.5, 0.6) is 0 Å². The highest BCUT2D eigenvalue weighted by atomic mass is 16.7. The largest absolute Gasteiger partial charge is 0.394 e. The highest BCUT2D eigenvalue weighted by molar-refractivity contribution is 5.73. The Morgan fingerprint density at radius 3 is 2.14 bits per heavy atom. The molecule has 164 valence electrons. The van der Waals surface area contributed by atoms with E-state index in [1.807, 2.05) is 0 Å². The molecule has 28 heavy (non-hydrogen) atoms. The van der Waals surface area contributed by atoms with E-state index in [9.17, 15) is 25.2 Å². The quantitative estimate of drug-likeness (QED) is 0.255. The fourth-order valence-corrected chi connectivity index (χ4v) is 3.70. The van der Waals surface area contributed by atoms with E-state index in [4.69, 9.17) is 18.9 Å². The van der Waals surface area contributed by atoms with Gasteiger partial charge >= 0.3 is 0 Å². The number of carbonyl (C=O) groups is 1. The van der Waals surface area contributed by atoms with E-state index in [1.165, 1.54) is 14.0 Å². The summed E-state index contributed by atoms with van der Waals surface area (Å²) in [7, 11) is 3.03. The van der Waals surface area contributed by atoms with Crippen LogP contribution in [0.1, 0.15) is 13.8 Å². The monoisotopic (exact) mass is 408 g/mol.